The van der Waals surface area contributed by atoms with Gasteiger partial charge in [0.25, 0.3) is 0 Å². The summed E-state index contributed by atoms with van der Waals surface area (Å²) in [5.41, 5.74) is -0.293. The summed E-state index contributed by atoms with van der Waals surface area (Å²) in [6.07, 6.45) is 4.05. The average molecular weight is 473 g/mol. The van der Waals surface area contributed by atoms with Crippen LogP contribution in [0.5, 0.6) is 0 Å². The second-order valence-electron chi connectivity index (χ2n) is 12.9. The Kier molecular flexibility index (Phi) is 5.23. The predicted molar refractivity (Wildman–Crippen MR) is 126 cm³/mol. The maximum absolute atomic E-state index is 13.9. The number of fused-ring (bicyclic) bond motifs is 5. The molecule has 0 bridgehead atoms. The van der Waals surface area contributed by atoms with E-state index < -0.39 is 23.8 Å². The molecule has 5 rings (SSSR count). The van der Waals surface area contributed by atoms with Crippen molar-refractivity contribution in [3.05, 3.63) is 11.6 Å². The Bertz CT molecular complexity index is 970. The molecule has 1 saturated heterocycles. The first-order chi connectivity index (χ1) is 15.8. The van der Waals surface area contributed by atoms with Crippen molar-refractivity contribution in [1.82, 2.24) is 0 Å². The van der Waals surface area contributed by atoms with Crippen molar-refractivity contribution in [2.45, 2.75) is 92.3 Å². The number of aliphatic hydroxyl groups is 1. The standard InChI is InChI=1S/C28H40O6/c1-15-9-21-20-10-16(2)27(5,22(30)12-18-14-33-24(32)34-18)26(20,4)13-23(31)28(21,6)25(3)8-7-17(29)11-19(15)25/h11,15-16,18,20-21,23,31H,7-10,12-14H2,1-6H3/t15-,16?,18?,20?,21?,23-,25-,26-,27+,28+/m0/s1. The molecule has 6 nitrogen and oxygen atoms in total. The number of aliphatic hydroxyl groups excluding tert-OH is 1. The molecule has 0 radical (unpaired) electrons. The summed E-state index contributed by atoms with van der Waals surface area (Å²) in [5, 5.41) is 11.9. The number of cyclic esters (lactones) is 2. The average Bonchev–Trinajstić information content (AvgIpc) is 3.26. The fourth-order valence-corrected chi connectivity index (χ4v) is 9.44. The highest BCUT2D eigenvalue weighted by Gasteiger charge is 2.73. The third-order valence-corrected chi connectivity index (χ3v) is 12.0. The van der Waals surface area contributed by atoms with Gasteiger partial charge in [0.15, 0.2) is 5.78 Å². The Hall–Kier alpha value is -1.69. The van der Waals surface area contributed by atoms with Crippen LogP contribution in [0.3, 0.4) is 0 Å². The molecule has 3 saturated carbocycles. The Labute approximate surface area is 202 Å². The first-order valence-corrected chi connectivity index (χ1v) is 13.1. The lowest BCUT2D eigenvalue weighted by atomic mass is 9.37. The van der Waals surface area contributed by atoms with Crippen LogP contribution in [0.15, 0.2) is 11.6 Å². The smallest absolute Gasteiger partial charge is 0.430 e. The van der Waals surface area contributed by atoms with E-state index in [0.29, 0.717) is 18.8 Å². The normalized spacial score (nSPS) is 52.1. The summed E-state index contributed by atoms with van der Waals surface area (Å²) in [5.74, 6) is 1.36. The quantitative estimate of drug-likeness (QED) is 0.589. The SMILES string of the molecule is CC1CC2C3C[C@H](C)C4=CC(=O)CC[C@]4(C)[C@@]3(C)[C@@H](O)C[C@]2(C)[C@@]1(C)C(=O)CC1COC(=O)O1. The molecule has 0 aromatic carbocycles. The molecule has 0 spiro atoms. The van der Waals surface area contributed by atoms with E-state index in [4.69, 9.17) is 9.47 Å². The van der Waals surface area contributed by atoms with E-state index in [0.717, 1.165) is 19.3 Å². The zero-order valence-electron chi connectivity index (χ0n) is 21.5. The molecule has 4 unspecified atom stereocenters. The first-order valence-electron chi connectivity index (χ1n) is 13.1. The predicted octanol–water partition coefficient (Wildman–Crippen LogP) is 4.87. The molecule has 6 heteroatoms. The number of carbonyl (C=O) groups is 3. The van der Waals surface area contributed by atoms with E-state index in [2.05, 4.69) is 41.5 Å². The summed E-state index contributed by atoms with van der Waals surface area (Å²) in [4.78, 5) is 37.6. The topological polar surface area (TPSA) is 89.9 Å². The minimum Gasteiger partial charge on any atom is -0.430 e. The fraction of sp³-hybridized carbons (Fsp3) is 0.821. The van der Waals surface area contributed by atoms with E-state index in [1.54, 1.807) is 0 Å². The second-order valence-corrected chi connectivity index (χ2v) is 12.9. The van der Waals surface area contributed by atoms with Crippen LogP contribution in [0.1, 0.15) is 80.1 Å². The summed E-state index contributed by atoms with van der Waals surface area (Å²) in [6.45, 7) is 13.4. The van der Waals surface area contributed by atoms with E-state index in [-0.39, 0.29) is 58.6 Å². The van der Waals surface area contributed by atoms with Crippen LogP contribution in [0.25, 0.3) is 0 Å². The van der Waals surface area contributed by atoms with Crippen molar-refractivity contribution < 1.29 is 29.0 Å². The van der Waals surface area contributed by atoms with E-state index in [1.165, 1.54) is 5.57 Å². The molecule has 0 aromatic heterocycles. The maximum atomic E-state index is 13.9. The van der Waals surface area contributed by atoms with Gasteiger partial charge in [-0.3, -0.25) is 9.59 Å². The number of hydrogen-bond acceptors (Lipinski definition) is 6. The summed E-state index contributed by atoms with van der Waals surface area (Å²) >= 11 is 0. The number of Topliss-reactive ketones (excluding diaryl/α,β-unsaturated/α-hetero) is 1. The van der Waals surface area contributed by atoms with E-state index >= 15 is 0 Å². The number of carbonyl (C=O) groups excluding carboxylic acids is 3. The van der Waals surface area contributed by atoms with Crippen molar-refractivity contribution in [3.8, 4) is 0 Å². The summed E-state index contributed by atoms with van der Waals surface area (Å²) in [6, 6.07) is 0. The van der Waals surface area contributed by atoms with Gasteiger partial charge in [-0.1, -0.05) is 47.1 Å². The van der Waals surface area contributed by atoms with Crippen molar-refractivity contribution >= 4 is 17.7 Å². The first kappa shape index (κ1) is 24.0. The highest BCUT2D eigenvalue weighted by Crippen LogP contribution is 2.75. The Balaban J connectivity index is 1.53. The summed E-state index contributed by atoms with van der Waals surface area (Å²) < 4.78 is 10.1. The minimum atomic E-state index is -0.699. The molecular formula is C28H40O6. The largest absolute Gasteiger partial charge is 0.508 e. The second kappa shape index (κ2) is 7.41. The van der Waals surface area contributed by atoms with E-state index in [9.17, 15) is 19.5 Å². The molecule has 4 fully saturated rings. The van der Waals surface area contributed by atoms with Gasteiger partial charge in [0.1, 0.15) is 18.5 Å². The van der Waals surface area contributed by atoms with Gasteiger partial charge in [-0.25, -0.2) is 4.79 Å². The van der Waals surface area contributed by atoms with Crippen molar-refractivity contribution in [1.29, 1.82) is 0 Å². The zero-order valence-corrected chi connectivity index (χ0v) is 21.5. The van der Waals surface area contributed by atoms with Crippen LogP contribution < -0.4 is 0 Å². The van der Waals surface area contributed by atoms with Crippen LogP contribution in [0.4, 0.5) is 4.79 Å². The zero-order chi connectivity index (χ0) is 24.8. The number of hydrogen-bond donors (Lipinski definition) is 1. The molecule has 4 aliphatic carbocycles. The van der Waals surface area contributed by atoms with Crippen LogP contribution in [-0.4, -0.2) is 41.6 Å². The lowest BCUT2D eigenvalue weighted by Crippen LogP contribution is -2.65. The molecule has 0 aromatic rings. The monoisotopic (exact) mass is 472 g/mol. The maximum Gasteiger partial charge on any atom is 0.508 e. The van der Waals surface area contributed by atoms with Crippen LogP contribution in [0, 0.1) is 45.3 Å². The van der Waals surface area contributed by atoms with Gasteiger partial charge < -0.3 is 14.6 Å². The third kappa shape index (κ3) is 2.81. The van der Waals surface area contributed by atoms with Gasteiger partial charge in [0.05, 0.1) is 6.10 Å². The number of allylic oxidation sites excluding steroid dienone is 1. The molecular weight excluding hydrogens is 432 g/mol. The third-order valence-electron chi connectivity index (χ3n) is 12.0. The number of ketones is 2. The number of ether oxygens (including phenoxy) is 2. The molecule has 34 heavy (non-hydrogen) atoms. The van der Waals surface area contributed by atoms with Gasteiger partial charge in [-0.05, 0) is 66.3 Å². The van der Waals surface area contributed by atoms with Crippen molar-refractivity contribution in [2.75, 3.05) is 6.61 Å². The lowest BCUT2D eigenvalue weighted by molar-refractivity contribution is -0.206. The van der Waals surface area contributed by atoms with Gasteiger partial charge in [-0.2, -0.15) is 0 Å². The molecule has 188 valence electrons. The minimum absolute atomic E-state index is 0.114. The molecule has 1 aliphatic heterocycles. The molecule has 10 atom stereocenters. The lowest BCUT2D eigenvalue weighted by Gasteiger charge is -2.68. The van der Waals surface area contributed by atoms with Crippen LogP contribution in [0.2, 0.25) is 0 Å². The Morgan fingerprint density at radius 1 is 1.12 bits per heavy atom. The molecule has 0 amide bonds. The molecule has 1 N–H and O–H groups in total. The summed E-state index contributed by atoms with van der Waals surface area (Å²) in [7, 11) is 0. The van der Waals surface area contributed by atoms with Crippen molar-refractivity contribution in [2.24, 2.45) is 45.3 Å². The highest BCUT2D eigenvalue weighted by atomic mass is 16.8. The number of rotatable bonds is 3. The molecule has 5 aliphatic rings. The Morgan fingerprint density at radius 3 is 2.47 bits per heavy atom. The van der Waals surface area contributed by atoms with Crippen molar-refractivity contribution in [3.63, 3.8) is 0 Å². The van der Waals surface area contributed by atoms with Crippen LogP contribution in [-0.2, 0) is 19.1 Å². The van der Waals surface area contributed by atoms with Gasteiger partial charge >= 0.3 is 6.16 Å². The Morgan fingerprint density at radius 2 is 1.82 bits per heavy atom. The highest BCUT2D eigenvalue weighted by molar-refractivity contribution is 5.92. The fourth-order valence-electron chi connectivity index (χ4n) is 9.44. The molecule has 1 heterocycles. The van der Waals surface area contributed by atoms with Gasteiger partial charge in [0, 0.05) is 23.7 Å². The van der Waals surface area contributed by atoms with Crippen LogP contribution >= 0.6 is 0 Å². The van der Waals surface area contributed by atoms with Gasteiger partial charge in [-0.15, -0.1) is 0 Å². The van der Waals surface area contributed by atoms with Gasteiger partial charge in [0.2, 0.25) is 0 Å². The van der Waals surface area contributed by atoms with E-state index in [1.807, 2.05) is 6.08 Å².